The fourth-order valence-corrected chi connectivity index (χ4v) is 3.76. The highest BCUT2D eigenvalue weighted by molar-refractivity contribution is 7.16. The van der Waals surface area contributed by atoms with E-state index in [1.165, 1.54) is 16.9 Å². The molecule has 1 aliphatic carbocycles. The van der Waals surface area contributed by atoms with Gasteiger partial charge in [-0.1, -0.05) is 27.7 Å². The van der Waals surface area contributed by atoms with Gasteiger partial charge in [-0.05, 0) is 30.7 Å². The first-order chi connectivity index (χ1) is 7.86. The molecule has 0 saturated carbocycles. The van der Waals surface area contributed by atoms with Gasteiger partial charge in [0, 0.05) is 10.3 Å². The predicted molar refractivity (Wildman–Crippen MR) is 73.9 cm³/mol. The maximum absolute atomic E-state index is 12.5. The van der Waals surface area contributed by atoms with Crippen LogP contribution in [0.5, 0.6) is 0 Å². The number of hydrogen-bond donors (Lipinski definition) is 1. The Hall–Kier alpha value is -0.830. The fraction of sp³-hybridized carbons (Fsp3) is 0.643. The molecule has 0 aliphatic heterocycles. The second-order valence-electron chi connectivity index (χ2n) is 5.90. The van der Waals surface area contributed by atoms with E-state index in [9.17, 15) is 4.79 Å². The Balaban J connectivity index is 2.52. The fourth-order valence-electron chi connectivity index (χ4n) is 2.60. The quantitative estimate of drug-likeness (QED) is 0.807. The molecule has 1 atom stereocenters. The minimum atomic E-state index is -0.343. The Kier molecular flexibility index (Phi) is 3.06. The second kappa shape index (κ2) is 4.13. The molecule has 94 valence electrons. The highest BCUT2D eigenvalue weighted by Crippen LogP contribution is 2.46. The number of hydrogen-bond acceptors (Lipinski definition) is 3. The molecule has 1 heterocycles. The molecule has 0 radical (unpaired) electrons. The zero-order valence-electron chi connectivity index (χ0n) is 11.1. The van der Waals surface area contributed by atoms with Crippen LogP contribution in [-0.4, -0.2) is 5.78 Å². The predicted octanol–water partition coefficient (Wildman–Crippen LogP) is 4.00. The lowest BCUT2D eigenvalue weighted by molar-refractivity contribution is 0.0858. The van der Waals surface area contributed by atoms with Crippen LogP contribution in [0.2, 0.25) is 0 Å². The molecular weight excluding hydrogens is 230 g/mol. The summed E-state index contributed by atoms with van der Waals surface area (Å²) in [6.45, 7) is 8.09. The molecule has 1 unspecified atom stereocenters. The van der Waals surface area contributed by atoms with Crippen molar-refractivity contribution in [1.82, 2.24) is 0 Å². The third kappa shape index (κ3) is 2.01. The Bertz CT molecular complexity index is 454. The van der Waals surface area contributed by atoms with Crippen LogP contribution >= 0.6 is 11.3 Å². The van der Waals surface area contributed by atoms with E-state index in [0.29, 0.717) is 5.92 Å². The van der Waals surface area contributed by atoms with Crippen molar-refractivity contribution in [2.75, 3.05) is 5.73 Å². The zero-order valence-corrected chi connectivity index (χ0v) is 11.9. The SMILES string of the molecule is CCC1CCc2sc(N)c(C(=O)C(C)(C)C)c21. The molecule has 0 spiro atoms. The molecule has 2 N–H and O–H groups in total. The van der Waals surface area contributed by atoms with Crippen LogP contribution < -0.4 is 5.73 Å². The van der Waals surface area contributed by atoms with Crippen molar-refractivity contribution in [3.63, 3.8) is 0 Å². The number of anilines is 1. The van der Waals surface area contributed by atoms with E-state index in [-0.39, 0.29) is 11.2 Å². The van der Waals surface area contributed by atoms with Gasteiger partial charge in [0.05, 0.1) is 10.6 Å². The van der Waals surface area contributed by atoms with Gasteiger partial charge in [-0.25, -0.2) is 0 Å². The van der Waals surface area contributed by atoms with E-state index in [0.717, 1.165) is 23.4 Å². The third-order valence-corrected chi connectivity index (χ3v) is 4.67. The molecule has 2 nitrogen and oxygen atoms in total. The topological polar surface area (TPSA) is 43.1 Å². The van der Waals surface area contributed by atoms with Crippen LogP contribution in [0.3, 0.4) is 0 Å². The summed E-state index contributed by atoms with van der Waals surface area (Å²) in [7, 11) is 0. The molecule has 0 saturated heterocycles. The summed E-state index contributed by atoms with van der Waals surface area (Å²) in [6, 6.07) is 0. The number of fused-ring (bicyclic) bond motifs is 1. The Morgan fingerprint density at radius 3 is 2.65 bits per heavy atom. The van der Waals surface area contributed by atoms with E-state index in [1.54, 1.807) is 11.3 Å². The van der Waals surface area contributed by atoms with Gasteiger partial charge < -0.3 is 5.73 Å². The van der Waals surface area contributed by atoms with Crippen LogP contribution in [0.15, 0.2) is 0 Å². The minimum Gasteiger partial charge on any atom is -0.390 e. The number of nitrogens with two attached hydrogens (primary N) is 1. The molecule has 2 rings (SSSR count). The summed E-state index contributed by atoms with van der Waals surface area (Å²) in [4.78, 5) is 13.8. The molecule has 0 amide bonds. The number of Topliss-reactive ketones (excluding diaryl/α,β-unsaturated/α-hetero) is 1. The van der Waals surface area contributed by atoms with Crippen LogP contribution in [0.4, 0.5) is 5.00 Å². The Morgan fingerprint density at radius 2 is 2.12 bits per heavy atom. The smallest absolute Gasteiger partial charge is 0.171 e. The number of ketones is 1. The zero-order chi connectivity index (χ0) is 12.8. The van der Waals surface area contributed by atoms with E-state index in [2.05, 4.69) is 6.92 Å². The van der Waals surface area contributed by atoms with E-state index < -0.39 is 0 Å². The molecular formula is C14H21NOS. The molecule has 3 heteroatoms. The molecule has 1 aliphatic rings. The first-order valence-corrected chi connectivity index (χ1v) is 7.13. The van der Waals surface area contributed by atoms with Gasteiger partial charge in [-0.2, -0.15) is 0 Å². The van der Waals surface area contributed by atoms with Crippen molar-refractivity contribution in [2.45, 2.75) is 52.9 Å². The summed E-state index contributed by atoms with van der Waals surface area (Å²) in [5.41, 5.74) is 7.83. The van der Waals surface area contributed by atoms with Crippen molar-refractivity contribution < 1.29 is 4.79 Å². The Morgan fingerprint density at radius 1 is 1.47 bits per heavy atom. The lowest BCUT2D eigenvalue weighted by Crippen LogP contribution is -2.22. The van der Waals surface area contributed by atoms with E-state index in [4.69, 9.17) is 5.73 Å². The van der Waals surface area contributed by atoms with Gasteiger partial charge in [0.1, 0.15) is 0 Å². The normalized spacial score (nSPS) is 19.4. The van der Waals surface area contributed by atoms with Crippen molar-refractivity contribution in [2.24, 2.45) is 5.41 Å². The molecule has 1 aromatic rings. The van der Waals surface area contributed by atoms with Gasteiger partial charge >= 0.3 is 0 Å². The standard InChI is InChI=1S/C14H21NOS/c1-5-8-6-7-9-10(8)11(13(15)17-9)12(16)14(2,3)4/h8H,5-7,15H2,1-4H3. The first-order valence-electron chi connectivity index (χ1n) is 6.32. The van der Waals surface area contributed by atoms with Gasteiger partial charge in [0.15, 0.2) is 5.78 Å². The summed E-state index contributed by atoms with van der Waals surface area (Å²) < 4.78 is 0. The van der Waals surface area contributed by atoms with Gasteiger partial charge in [-0.15, -0.1) is 11.3 Å². The molecule has 1 aromatic heterocycles. The number of carbonyl (C=O) groups excluding carboxylic acids is 1. The van der Waals surface area contributed by atoms with Gasteiger partial charge in [0.25, 0.3) is 0 Å². The Labute approximate surface area is 107 Å². The van der Waals surface area contributed by atoms with E-state index in [1.807, 2.05) is 20.8 Å². The van der Waals surface area contributed by atoms with Crippen molar-refractivity contribution in [3.8, 4) is 0 Å². The van der Waals surface area contributed by atoms with Gasteiger partial charge in [0.2, 0.25) is 0 Å². The van der Waals surface area contributed by atoms with Crippen molar-refractivity contribution >= 4 is 22.1 Å². The molecule has 0 bridgehead atoms. The number of thiophene rings is 1. The highest BCUT2D eigenvalue weighted by Gasteiger charge is 2.35. The van der Waals surface area contributed by atoms with E-state index >= 15 is 0 Å². The summed E-state index contributed by atoms with van der Waals surface area (Å²) in [5.74, 6) is 0.743. The third-order valence-electron chi connectivity index (χ3n) is 3.58. The number of nitrogen functional groups attached to an aromatic ring is 1. The summed E-state index contributed by atoms with van der Waals surface area (Å²) >= 11 is 1.62. The second-order valence-corrected chi connectivity index (χ2v) is 7.04. The van der Waals surface area contributed by atoms with Crippen LogP contribution in [0, 0.1) is 5.41 Å². The number of aryl methyl sites for hydroxylation is 1. The summed E-state index contributed by atoms with van der Waals surface area (Å²) in [5, 5.41) is 0.730. The highest BCUT2D eigenvalue weighted by atomic mass is 32.1. The number of rotatable bonds is 2. The van der Waals surface area contributed by atoms with Gasteiger partial charge in [-0.3, -0.25) is 4.79 Å². The van der Waals surface area contributed by atoms with Crippen LogP contribution in [0.25, 0.3) is 0 Å². The minimum absolute atomic E-state index is 0.202. The largest absolute Gasteiger partial charge is 0.390 e. The van der Waals surface area contributed by atoms with Crippen molar-refractivity contribution in [1.29, 1.82) is 0 Å². The number of carbonyl (C=O) groups is 1. The van der Waals surface area contributed by atoms with Crippen molar-refractivity contribution in [3.05, 3.63) is 16.0 Å². The maximum Gasteiger partial charge on any atom is 0.171 e. The maximum atomic E-state index is 12.5. The lowest BCUT2D eigenvalue weighted by Gasteiger charge is -2.19. The summed E-state index contributed by atoms with van der Waals surface area (Å²) in [6.07, 6.45) is 3.39. The lowest BCUT2D eigenvalue weighted by atomic mass is 9.83. The average molecular weight is 251 g/mol. The van der Waals surface area contributed by atoms with Crippen LogP contribution in [-0.2, 0) is 6.42 Å². The molecule has 17 heavy (non-hydrogen) atoms. The molecule has 0 fully saturated rings. The van der Waals surface area contributed by atoms with Crippen LogP contribution in [0.1, 0.15) is 67.3 Å². The average Bonchev–Trinajstić information content (AvgIpc) is 2.73. The molecule has 0 aromatic carbocycles. The first kappa shape index (κ1) is 12.6. The monoisotopic (exact) mass is 251 g/mol.